The summed E-state index contributed by atoms with van der Waals surface area (Å²) in [7, 11) is 1.95. The van der Waals surface area contributed by atoms with Crippen LogP contribution >= 0.6 is 0 Å². The van der Waals surface area contributed by atoms with Crippen molar-refractivity contribution in [2.24, 2.45) is 0 Å². The molecule has 78 valence electrons. The highest BCUT2D eigenvalue weighted by Crippen LogP contribution is 2.13. The van der Waals surface area contributed by atoms with E-state index in [1.54, 1.807) is 6.20 Å². The molecule has 0 amide bonds. The number of hydrogen-bond donors (Lipinski definition) is 1. The normalized spacial score (nSPS) is 12.5. The number of nitrogens with one attached hydrogen (secondary N) is 1. The lowest BCUT2D eigenvalue weighted by atomic mass is 10.3. The number of rotatable bonds is 5. The summed E-state index contributed by atoms with van der Waals surface area (Å²) in [6.07, 6.45) is 3.03. The summed E-state index contributed by atoms with van der Waals surface area (Å²) in [5.74, 6) is 0.904. The van der Waals surface area contributed by atoms with E-state index in [0.717, 1.165) is 24.4 Å². The zero-order chi connectivity index (χ0) is 10.4. The SMILES string of the molecule is CNCCC(C)Oc1ccnc(C)c1. The molecule has 1 aromatic rings. The summed E-state index contributed by atoms with van der Waals surface area (Å²) < 4.78 is 5.72. The summed E-state index contributed by atoms with van der Waals surface area (Å²) in [4.78, 5) is 4.12. The molecule has 0 aromatic carbocycles. The van der Waals surface area contributed by atoms with Crippen molar-refractivity contribution < 1.29 is 4.74 Å². The van der Waals surface area contributed by atoms with E-state index in [1.807, 2.05) is 26.1 Å². The first-order valence-corrected chi connectivity index (χ1v) is 4.96. The number of hydrogen-bond acceptors (Lipinski definition) is 3. The molecular weight excluding hydrogens is 176 g/mol. The molecule has 3 heteroatoms. The fraction of sp³-hybridized carbons (Fsp3) is 0.545. The lowest BCUT2D eigenvalue weighted by molar-refractivity contribution is 0.210. The molecule has 0 bridgehead atoms. The van der Waals surface area contributed by atoms with Crippen LogP contribution in [0.25, 0.3) is 0 Å². The zero-order valence-electron chi connectivity index (χ0n) is 9.08. The first-order chi connectivity index (χ1) is 6.72. The van der Waals surface area contributed by atoms with E-state index in [9.17, 15) is 0 Å². The van der Waals surface area contributed by atoms with Gasteiger partial charge < -0.3 is 10.1 Å². The number of pyridine rings is 1. The van der Waals surface area contributed by atoms with E-state index in [2.05, 4.69) is 17.2 Å². The van der Waals surface area contributed by atoms with E-state index in [4.69, 9.17) is 4.74 Å². The largest absolute Gasteiger partial charge is 0.491 e. The molecule has 14 heavy (non-hydrogen) atoms. The number of aryl methyl sites for hydroxylation is 1. The van der Waals surface area contributed by atoms with Crippen molar-refractivity contribution in [3.63, 3.8) is 0 Å². The van der Waals surface area contributed by atoms with Crippen LogP contribution in [-0.4, -0.2) is 24.7 Å². The van der Waals surface area contributed by atoms with Gasteiger partial charge in [-0.15, -0.1) is 0 Å². The van der Waals surface area contributed by atoms with Gasteiger partial charge in [-0.05, 0) is 39.9 Å². The Hall–Kier alpha value is -1.09. The van der Waals surface area contributed by atoms with Crippen molar-refractivity contribution in [1.82, 2.24) is 10.3 Å². The van der Waals surface area contributed by atoms with Crippen LogP contribution < -0.4 is 10.1 Å². The van der Waals surface area contributed by atoms with Crippen molar-refractivity contribution in [3.8, 4) is 5.75 Å². The second-order valence-electron chi connectivity index (χ2n) is 3.45. The Labute approximate surface area is 85.5 Å². The van der Waals surface area contributed by atoms with Gasteiger partial charge >= 0.3 is 0 Å². The Morgan fingerprint density at radius 3 is 3.00 bits per heavy atom. The molecule has 0 radical (unpaired) electrons. The molecule has 0 spiro atoms. The van der Waals surface area contributed by atoms with Crippen molar-refractivity contribution in [2.75, 3.05) is 13.6 Å². The first kappa shape index (κ1) is 11.0. The van der Waals surface area contributed by atoms with Gasteiger partial charge in [0.1, 0.15) is 5.75 Å². The minimum atomic E-state index is 0.240. The van der Waals surface area contributed by atoms with Gasteiger partial charge in [-0.1, -0.05) is 0 Å². The van der Waals surface area contributed by atoms with Gasteiger partial charge in [0, 0.05) is 18.0 Å². The lowest BCUT2D eigenvalue weighted by Crippen LogP contribution is -2.19. The molecule has 1 unspecified atom stereocenters. The van der Waals surface area contributed by atoms with Crippen LogP contribution in [0.15, 0.2) is 18.3 Å². The van der Waals surface area contributed by atoms with Crippen LogP contribution in [0.5, 0.6) is 5.75 Å². The molecule has 1 N–H and O–H groups in total. The molecule has 0 fully saturated rings. The smallest absolute Gasteiger partial charge is 0.123 e. The van der Waals surface area contributed by atoms with Crippen LogP contribution in [0.2, 0.25) is 0 Å². The minimum absolute atomic E-state index is 0.240. The van der Waals surface area contributed by atoms with Crippen molar-refractivity contribution in [2.45, 2.75) is 26.4 Å². The summed E-state index contributed by atoms with van der Waals surface area (Å²) in [5, 5.41) is 3.10. The Morgan fingerprint density at radius 2 is 2.36 bits per heavy atom. The average Bonchev–Trinajstić information content (AvgIpc) is 2.15. The van der Waals surface area contributed by atoms with E-state index in [0.29, 0.717) is 0 Å². The first-order valence-electron chi connectivity index (χ1n) is 4.96. The maximum absolute atomic E-state index is 5.72. The predicted octanol–water partition coefficient (Wildman–Crippen LogP) is 1.77. The molecule has 0 aliphatic carbocycles. The summed E-state index contributed by atoms with van der Waals surface area (Å²) in [6, 6.07) is 3.85. The predicted molar refractivity (Wildman–Crippen MR) is 57.6 cm³/mol. The third kappa shape index (κ3) is 3.75. The summed E-state index contributed by atoms with van der Waals surface area (Å²) in [5.41, 5.74) is 0.989. The molecule has 3 nitrogen and oxygen atoms in total. The van der Waals surface area contributed by atoms with Crippen molar-refractivity contribution in [1.29, 1.82) is 0 Å². The fourth-order valence-electron chi connectivity index (χ4n) is 1.23. The maximum Gasteiger partial charge on any atom is 0.123 e. The highest BCUT2D eigenvalue weighted by molar-refractivity contribution is 5.21. The number of nitrogens with zero attached hydrogens (tertiary/aromatic N) is 1. The molecule has 1 aromatic heterocycles. The van der Waals surface area contributed by atoms with E-state index in [-0.39, 0.29) is 6.10 Å². The maximum atomic E-state index is 5.72. The van der Waals surface area contributed by atoms with Gasteiger partial charge in [-0.2, -0.15) is 0 Å². The van der Waals surface area contributed by atoms with E-state index < -0.39 is 0 Å². The fourth-order valence-corrected chi connectivity index (χ4v) is 1.23. The average molecular weight is 194 g/mol. The van der Waals surface area contributed by atoms with Crippen LogP contribution in [-0.2, 0) is 0 Å². The van der Waals surface area contributed by atoms with Crippen LogP contribution in [0.1, 0.15) is 19.0 Å². The third-order valence-electron chi connectivity index (χ3n) is 2.01. The molecule has 0 aliphatic heterocycles. The van der Waals surface area contributed by atoms with Crippen LogP contribution in [0.4, 0.5) is 0 Å². The van der Waals surface area contributed by atoms with Gasteiger partial charge in [-0.25, -0.2) is 0 Å². The molecular formula is C11H18N2O. The highest BCUT2D eigenvalue weighted by Gasteiger charge is 2.02. The Kier molecular flexibility index (Phi) is 4.40. The molecule has 1 rings (SSSR count). The number of ether oxygens (including phenoxy) is 1. The molecule has 1 heterocycles. The third-order valence-corrected chi connectivity index (χ3v) is 2.01. The quantitative estimate of drug-likeness (QED) is 0.775. The number of aromatic nitrogens is 1. The van der Waals surface area contributed by atoms with Crippen LogP contribution in [0.3, 0.4) is 0 Å². The minimum Gasteiger partial charge on any atom is -0.491 e. The zero-order valence-corrected chi connectivity index (χ0v) is 9.08. The highest BCUT2D eigenvalue weighted by atomic mass is 16.5. The van der Waals surface area contributed by atoms with Crippen molar-refractivity contribution in [3.05, 3.63) is 24.0 Å². The Bertz CT molecular complexity index is 276. The van der Waals surface area contributed by atoms with E-state index in [1.165, 1.54) is 0 Å². The Balaban J connectivity index is 2.43. The second-order valence-corrected chi connectivity index (χ2v) is 3.45. The van der Waals surface area contributed by atoms with Gasteiger partial charge in [0.25, 0.3) is 0 Å². The topological polar surface area (TPSA) is 34.1 Å². The molecule has 0 saturated carbocycles. The van der Waals surface area contributed by atoms with Gasteiger partial charge in [-0.3, -0.25) is 4.98 Å². The molecule has 0 saturated heterocycles. The molecule has 1 atom stereocenters. The monoisotopic (exact) mass is 194 g/mol. The van der Waals surface area contributed by atoms with Crippen molar-refractivity contribution >= 4 is 0 Å². The lowest BCUT2D eigenvalue weighted by Gasteiger charge is -2.14. The van der Waals surface area contributed by atoms with Gasteiger partial charge in [0.2, 0.25) is 0 Å². The van der Waals surface area contributed by atoms with Gasteiger partial charge in [0.05, 0.1) is 6.10 Å². The molecule has 0 aliphatic rings. The summed E-state index contributed by atoms with van der Waals surface area (Å²) >= 11 is 0. The standard InChI is InChI=1S/C11H18N2O/c1-9-8-11(5-7-13-9)14-10(2)4-6-12-3/h5,7-8,10,12H,4,6H2,1-3H3. The van der Waals surface area contributed by atoms with E-state index >= 15 is 0 Å². The van der Waals surface area contributed by atoms with Crippen LogP contribution in [0, 0.1) is 6.92 Å². The second kappa shape index (κ2) is 5.60. The summed E-state index contributed by atoms with van der Waals surface area (Å²) in [6.45, 7) is 5.02. The van der Waals surface area contributed by atoms with Gasteiger partial charge in [0.15, 0.2) is 0 Å². The Morgan fingerprint density at radius 1 is 1.57 bits per heavy atom.